The van der Waals surface area contributed by atoms with Gasteiger partial charge in [0.05, 0.1) is 18.6 Å². The fourth-order valence-electron chi connectivity index (χ4n) is 1.80. The Hall–Kier alpha value is -1.81. The van der Waals surface area contributed by atoms with Crippen molar-refractivity contribution in [2.45, 2.75) is 6.42 Å². The maximum absolute atomic E-state index is 8.92. The first-order valence-electron chi connectivity index (χ1n) is 5.94. The summed E-state index contributed by atoms with van der Waals surface area (Å²) in [5, 5.41) is 3.22. The molecule has 0 amide bonds. The summed E-state index contributed by atoms with van der Waals surface area (Å²) < 4.78 is 4.77. The third-order valence-corrected chi connectivity index (χ3v) is 3.09. The molecule has 0 unspecified atom stereocenters. The van der Waals surface area contributed by atoms with E-state index in [0.717, 1.165) is 11.4 Å². The molecule has 0 aliphatic heterocycles. The van der Waals surface area contributed by atoms with Crippen LogP contribution in [0.1, 0.15) is 6.42 Å². The van der Waals surface area contributed by atoms with E-state index in [0.29, 0.717) is 17.7 Å². The van der Waals surface area contributed by atoms with Gasteiger partial charge in [-0.05, 0) is 24.3 Å². The molecule has 0 atom stereocenters. The van der Waals surface area contributed by atoms with E-state index in [9.17, 15) is 0 Å². The molecule has 0 saturated carbocycles. The molecule has 7 heteroatoms. The summed E-state index contributed by atoms with van der Waals surface area (Å²) in [4.78, 5) is 20.8. The van der Waals surface area contributed by atoms with Crippen molar-refractivity contribution >= 4 is 20.0 Å². The standard InChI is InChI=1S/C13H14N3O3P/c14-16-13-7-6-12(8-10(13)9-19-20(17)18)15-11-4-2-1-3-5-11/h1-6,8,15,17-18H,7,9H2. The molecule has 0 saturated heterocycles. The van der Waals surface area contributed by atoms with Gasteiger partial charge in [0.25, 0.3) is 0 Å². The smallest absolute Gasteiger partial charge is 0.327 e. The topological polar surface area (TPSA) is 98.1 Å². The Balaban J connectivity index is 2.11. The van der Waals surface area contributed by atoms with Crippen molar-refractivity contribution in [1.29, 1.82) is 0 Å². The van der Waals surface area contributed by atoms with E-state index in [2.05, 4.69) is 10.1 Å². The third kappa shape index (κ3) is 4.10. The fraction of sp³-hybridized carbons (Fsp3) is 0.154. The molecule has 0 fully saturated rings. The van der Waals surface area contributed by atoms with E-state index < -0.39 is 8.60 Å². The largest absolute Gasteiger partial charge is 0.361 e. The first-order chi connectivity index (χ1) is 9.69. The molecule has 0 heterocycles. The molecule has 20 heavy (non-hydrogen) atoms. The van der Waals surface area contributed by atoms with Crippen molar-refractivity contribution in [2.75, 3.05) is 11.9 Å². The van der Waals surface area contributed by atoms with Gasteiger partial charge in [-0.3, -0.25) is 0 Å². The highest BCUT2D eigenvalue weighted by Gasteiger charge is 2.20. The zero-order valence-corrected chi connectivity index (χ0v) is 11.5. The van der Waals surface area contributed by atoms with Gasteiger partial charge in [0.15, 0.2) is 0 Å². The number of para-hydroxylation sites is 1. The summed E-state index contributed by atoms with van der Waals surface area (Å²) in [6.07, 6.45) is 4.08. The Kier molecular flexibility index (Phi) is 5.18. The summed E-state index contributed by atoms with van der Waals surface area (Å²) in [7, 11) is -2.43. The second-order valence-corrected chi connectivity index (χ2v) is 4.86. The average molecular weight is 291 g/mol. The number of hydrogen-bond donors (Lipinski definition) is 3. The van der Waals surface area contributed by atoms with Gasteiger partial charge in [-0.15, -0.1) is 0 Å². The average Bonchev–Trinajstić information content (AvgIpc) is 2.46. The van der Waals surface area contributed by atoms with Gasteiger partial charge in [0, 0.05) is 11.4 Å². The van der Waals surface area contributed by atoms with Crippen LogP contribution in [-0.2, 0) is 4.52 Å². The van der Waals surface area contributed by atoms with Crippen LogP contribution in [-0.4, -0.2) is 26.9 Å². The first-order valence-corrected chi connectivity index (χ1v) is 7.10. The van der Waals surface area contributed by atoms with E-state index >= 15 is 0 Å². The number of hydrogen-bond acceptors (Lipinski definition) is 4. The van der Waals surface area contributed by atoms with Crippen LogP contribution in [0.3, 0.4) is 0 Å². The molecule has 1 aromatic rings. The number of rotatable bonds is 5. The van der Waals surface area contributed by atoms with Crippen LogP contribution in [0.2, 0.25) is 0 Å². The minimum Gasteiger partial charge on any atom is -0.361 e. The molecule has 3 N–H and O–H groups in total. The van der Waals surface area contributed by atoms with Crippen LogP contribution in [0.15, 0.2) is 53.8 Å². The van der Waals surface area contributed by atoms with Gasteiger partial charge in [-0.2, -0.15) is 4.79 Å². The number of nitrogens with one attached hydrogen (secondary N) is 1. The third-order valence-electron chi connectivity index (χ3n) is 2.73. The Morgan fingerprint density at radius 1 is 1.30 bits per heavy atom. The van der Waals surface area contributed by atoms with E-state index in [1.807, 2.05) is 36.4 Å². The maximum atomic E-state index is 8.92. The molecule has 104 valence electrons. The van der Waals surface area contributed by atoms with E-state index in [1.165, 1.54) is 0 Å². The molecule has 1 aliphatic rings. The molecule has 2 rings (SSSR count). The number of allylic oxidation sites excluding steroid dienone is 2. The maximum Gasteiger partial charge on any atom is 0.327 e. The lowest BCUT2D eigenvalue weighted by Gasteiger charge is -2.13. The van der Waals surface area contributed by atoms with Crippen molar-refractivity contribution < 1.29 is 19.1 Å². The normalized spacial score (nSPS) is 14.7. The Morgan fingerprint density at radius 3 is 2.70 bits per heavy atom. The lowest BCUT2D eigenvalue weighted by Crippen LogP contribution is -2.14. The van der Waals surface area contributed by atoms with Crippen molar-refractivity contribution in [3.05, 3.63) is 59.3 Å². The quantitative estimate of drug-likeness (QED) is 0.440. The zero-order valence-electron chi connectivity index (χ0n) is 10.6. The summed E-state index contributed by atoms with van der Waals surface area (Å²) in [5.41, 5.74) is 11.7. The van der Waals surface area contributed by atoms with E-state index in [4.69, 9.17) is 19.8 Å². The number of nitrogens with zero attached hydrogens (tertiary/aromatic N) is 2. The summed E-state index contributed by atoms with van der Waals surface area (Å²) in [6.45, 7) is -0.0219. The monoisotopic (exact) mass is 291 g/mol. The molecule has 0 bridgehead atoms. The van der Waals surface area contributed by atoms with Crippen LogP contribution >= 0.6 is 8.60 Å². The molecule has 1 aliphatic carbocycles. The predicted molar refractivity (Wildman–Crippen MR) is 76.8 cm³/mol. The van der Waals surface area contributed by atoms with Gasteiger partial charge in [0.1, 0.15) is 0 Å². The van der Waals surface area contributed by atoms with Crippen molar-refractivity contribution in [3.63, 3.8) is 0 Å². The summed E-state index contributed by atoms with van der Waals surface area (Å²) in [6, 6.07) is 9.63. The van der Waals surface area contributed by atoms with E-state index in [-0.39, 0.29) is 6.61 Å². The van der Waals surface area contributed by atoms with Gasteiger partial charge in [-0.1, -0.05) is 18.2 Å². The lowest BCUT2D eigenvalue weighted by molar-refractivity contribution is -0.00712. The van der Waals surface area contributed by atoms with Gasteiger partial charge >= 0.3 is 14.3 Å². The number of anilines is 1. The van der Waals surface area contributed by atoms with Gasteiger partial charge in [0.2, 0.25) is 0 Å². The Morgan fingerprint density at radius 2 is 2.05 bits per heavy atom. The number of benzene rings is 1. The first kappa shape index (κ1) is 14.6. The highest BCUT2D eigenvalue weighted by molar-refractivity contribution is 7.39. The zero-order chi connectivity index (χ0) is 14.4. The van der Waals surface area contributed by atoms with Crippen LogP contribution < -0.4 is 5.32 Å². The Labute approximate surface area is 117 Å². The van der Waals surface area contributed by atoms with Crippen molar-refractivity contribution in [3.8, 4) is 0 Å². The van der Waals surface area contributed by atoms with Crippen LogP contribution in [0.5, 0.6) is 0 Å². The molecular weight excluding hydrogens is 277 g/mol. The van der Waals surface area contributed by atoms with Crippen molar-refractivity contribution in [2.24, 2.45) is 0 Å². The molecule has 0 spiro atoms. The minimum absolute atomic E-state index is 0.0219. The van der Waals surface area contributed by atoms with E-state index in [1.54, 1.807) is 6.08 Å². The van der Waals surface area contributed by atoms with Crippen LogP contribution in [0.25, 0.3) is 5.53 Å². The minimum atomic E-state index is -2.43. The molecule has 0 aromatic heterocycles. The second-order valence-electron chi connectivity index (χ2n) is 4.10. The fourth-order valence-corrected chi connectivity index (χ4v) is 2.05. The second kappa shape index (κ2) is 7.10. The summed E-state index contributed by atoms with van der Waals surface area (Å²) in [5.74, 6) is 0. The van der Waals surface area contributed by atoms with Gasteiger partial charge < -0.3 is 25.2 Å². The highest BCUT2D eigenvalue weighted by Crippen LogP contribution is 2.27. The predicted octanol–water partition coefficient (Wildman–Crippen LogP) is 2.21. The summed E-state index contributed by atoms with van der Waals surface area (Å²) >= 11 is 0. The van der Waals surface area contributed by atoms with Gasteiger partial charge in [-0.25, -0.2) is 0 Å². The molecular formula is C13H14N3O3P. The van der Waals surface area contributed by atoms with Crippen LogP contribution in [0.4, 0.5) is 5.69 Å². The molecule has 6 nitrogen and oxygen atoms in total. The Bertz CT molecular complexity index is 578. The highest BCUT2D eigenvalue weighted by atomic mass is 31.2. The lowest BCUT2D eigenvalue weighted by atomic mass is 10.0. The van der Waals surface area contributed by atoms with Crippen molar-refractivity contribution in [1.82, 2.24) is 0 Å². The molecule has 1 aromatic carbocycles. The molecule has 0 radical (unpaired) electrons. The SMILES string of the molecule is [N-]=[N+]=C1CC=C(Nc2ccccc2)C=C1COP(O)O. The van der Waals surface area contributed by atoms with Crippen LogP contribution in [0, 0.1) is 0 Å².